The first-order chi connectivity index (χ1) is 8.79. The smallest absolute Gasteiger partial charge is 0.161 e. The van der Waals surface area contributed by atoms with Crippen molar-refractivity contribution in [2.24, 2.45) is 0 Å². The Morgan fingerprint density at radius 1 is 1.44 bits per heavy atom. The van der Waals surface area contributed by atoms with Crippen LogP contribution in [0, 0.1) is 0 Å². The molecular formula is C14H16N2O2. The zero-order valence-corrected chi connectivity index (χ0v) is 10.3. The molecule has 1 saturated heterocycles. The first-order valence-corrected chi connectivity index (χ1v) is 6.16. The van der Waals surface area contributed by atoms with Crippen molar-refractivity contribution in [3.8, 4) is 11.5 Å². The van der Waals surface area contributed by atoms with E-state index in [1.165, 1.54) is 5.56 Å². The lowest BCUT2D eigenvalue weighted by Crippen LogP contribution is -2.08. The van der Waals surface area contributed by atoms with Gasteiger partial charge in [0.2, 0.25) is 0 Å². The highest BCUT2D eigenvalue weighted by atomic mass is 16.5. The molecule has 1 aliphatic heterocycles. The van der Waals surface area contributed by atoms with E-state index in [1.807, 2.05) is 12.3 Å². The van der Waals surface area contributed by atoms with Gasteiger partial charge in [-0.3, -0.25) is 4.98 Å². The molecule has 0 radical (unpaired) electrons. The second-order valence-electron chi connectivity index (χ2n) is 4.63. The lowest BCUT2D eigenvalue weighted by atomic mass is 9.95. The van der Waals surface area contributed by atoms with Crippen molar-refractivity contribution >= 4 is 10.9 Å². The standard InChI is InChI=1S/C14H16N2O2/c1-18-14-6-11-10(9-2-4-15-8-9)3-5-16-12(11)7-13(14)17/h3,5-7,9,15,17H,2,4,8H2,1H3. The van der Waals surface area contributed by atoms with Crippen LogP contribution in [0.4, 0.5) is 0 Å². The average molecular weight is 244 g/mol. The Bertz CT molecular complexity index is 577. The summed E-state index contributed by atoms with van der Waals surface area (Å²) in [5, 5.41) is 14.2. The average Bonchev–Trinajstić information content (AvgIpc) is 2.90. The summed E-state index contributed by atoms with van der Waals surface area (Å²) in [4.78, 5) is 4.31. The van der Waals surface area contributed by atoms with Gasteiger partial charge in [-0.25, -0.2) is 0 Å². The fourth-order valence-electron chi connectivity index (χ4n) is 2.62. The van der Waals surface area contributed by atoms with E-state index < -0.39 is 0 Å². The number of phenolic OH excluding ortho intramolecular Hbond substituents is 1. The maximum Gasteiger partial charge on any atom is 0.161 e. The van der Waals surface area contributed by atoms with Crippen LogP contribution >= 0.6 is 0 Å². The number of rotatable bonds is 2. The number of methoxy groups -OCH3 is 1. The monoisotopic (exact) mass is 244 g/mol. The summed E-state index contributed by atoms with van der Waals surface area (Å²) in [5.74, 6) is 1.16. The Labute approximate surface area is 106 Å². The number of benzene rings is 1. The molecule has 94 valence electrons. The van der Waals surface area contributed by atoms with Gasteiger partial charge >= 0.3 is 0 Å². The fraction of sp³-hybridized carbons (Fsp3) is 0.357. The van der Waals surface area contributed by atoms with E-state index in [0.29, 0.717) is 11.7 Å². The molecule has 2 aromatic rings. The predicted octanol–water partition coefficient (Wildman–Crippen LogP) is 2.03. The number of nitrogens with zero attached hydrogens (tertiary/aromatic N) is 1. The number of pyridine rings is 1. The van der Waals surface area contributed by atoms with Crippen LogP contribution in [-0.4, -0.2) is 30.3 Å². The van der Waals surface area contributed by atoms with E-state index >= 15 is 0 Å². The molecule has 0 bridgehead atoms. The zero-order chi connectivity index (χ0) is 12.5. The van der Waals surface area contributed by atoms with E-state index in [2.05, 4.69) is 16.4 Å². The number of hydrogen-bond acceptors (Lipinski definition) is 4. The number of ether oxygens (including phenoxy) is 1. The molecule has 0 spiro atoms. The van der Waals surface area contributed by atoms with Gasteiger partial charge in [-0.2, -0.15) is 0 Å². The molecule has 2 N–H and O–H groups in total. The maximum atomic E-state index is 9.79. The number of phenols is 1. The van der Waals surface area contributed by atoms with Gasteiger partial charge in [0.1, 0.15) is 0 Å². The molecule has 4 nitrogen and oxygen atoms in total. The lowest BCUT2D eigenvalue weighted by Gasteiger charge is -2.13. The molecule has 1 aliphatic rings. The van der Waals surface area contributed by atoms with Crippen LogP contribution in [0.5, 0.6) is 11.5 Å². The van der Waals surface area contributed by atoms with Crippen molar-refractivity contribution in [1.82, 2.24) is 10.3 Å². The molecule has 3 rings (SSSR count). The SMILES string of the molecule is COc1cc2c(C3CCNC3)ccnc2cc1O. The van der Waals surface area contributed by atoms with Gasteiger partial charge in [-0.05, 0) is 36.6 Å². The topological polar surface area (TPSA) is 54.4 Å². The molecule has 1 fully saturated rings. The molecule has 1 aromatic heterocycles. The van der Waals surface area contributed by atoms with Crippen molar-refractivity contribution in [1.29, 1.82) is 0 Å². The van der Waals surface area contributed by atoms with Crippen LogP contribution in [0.2, 0.25) is 0 Å². The van der Waals surface area contributed by atoms with Gasteiger partial charge < -0.3 is 15.2 Å². The molecule has 0 saturated carbocycles. The Kier molecular flexibility index (Phi) is 2.80. The van der Waals surface area contributed by atoms with Crippen molar-refractivity contribution < 1.29 is 9.84 Å². The number of hydrogen-bond donors (Lipinski definition) is 2. The summed E-state index contributed by atoms with van der Waals surface area (Å²) in [6.07, 6.45) is 2.95. The Balaban J connectivity index is 2.19. The molecule has 1 aromatic carbocycles. The van der Waals surface area contributed by atoms with Gasteiger partial charge in [-0.15, -0.1) is 0 Å². The third-order valence-electron chi connectivity index (χ3n) is 3.58. The highest BCUT2D eigenvalue weighted by molar-refractivity contribution is 5.86. The Morgan fingerprint density at radius 3 is 3.06 bits per heavy atom. The number of fused-ring (bicyclic) bond motifs is 1. The van der Waals surface area contributed by atoms with Crippen molar-refractivity contribution in [3.05, 3.63) is 30.0 Å². The van der Waals surface area contributed by atoms with E-state index in [0.717, 1.165) is 30.4 Å². The van der Waals surface area contributed by atoms with E-state index in [-0.39, 0.29) is 5.75 Å². The highest BCUT2D eigenvalue weighted by Gasteiger charge is 2.19. The Hall–Kier alpha value is -1.81. The normalized spacial score (nSPS) is 19.3. The highest BCUT2D eigenvalue weighted by Crippen LogP contribution is 2.35. The second-order valence-corrected chi connectivity index (χ2v) is 4.63. The van der Waals surface area contributed by atoms with Crippen LogP contribution in [0.25, 0.3) is 10.9 Å². The fourth-order valence-corrected chi connectivity index (χ4v) is 2.62. The van der Waals surface area contributed by atoms with Gasteiger partial charge in [0.15, 0.2) is 11.5 Å². The van der Waals surface area contributed by atoms with Crippen LogP contribution in [-0.2, 0) is 0 Å². The van der Waals surface area contributed by atoms with Gasteiger partial charge in [0.05, 0.1) is 12.6 Å². The molecule has 0 amide bonds. The van der Waals surface area contributed by atoms with Gasteiger partial charge in [0, 0.05) is 24.2 Å². The van der Waals surface area contributed by atoms with Gasteiger partial charge in [-0.1, -0.05) is 0 Å². The molecule has 2 heterocycles. The largest absolute Gasteiger partial charge is 0.504 e. The third-order valence-corrected chi connectivity index (χ3v) is 3.58. The first kappa shape index (κ1) is 11.3. The number of aromatic hydroxyl groups is 1. The summed E-state index contributed by atoms with van der Waals surface area (Å²) in [7, 11) is 1.56. The van der Waals surface area contributed by atoms with Crippen molar-refractivity contribution in [2.45, 2.75) is 12.3 Å². The summed E-state index contributed by atoms with van der Waals surface area (Å²) < 4.78 is 5.18. The van der Waals surface area contributed by atoms with Crippen LogP contribution in [0.1, 0.15) is 17.9 Å². The first-order valence-electron chi connectivity index (χ1n) is 6.16. The molecule has 0 aliphatic carbocycles. The maximum absolute atomic E-state index is 9.79. The van der Waals surface area contributed by atoms with E-state index in [9.17, 15) is 5.11 Å². The quantitative estimate of drug-likeness (QED) is 0.848. The molecular weight excluding hydrogens is 228 g/mol. The van der Waals surface area contributed by atoms with Gasteiger partial charge in [0.25, 0.3) is 0 Å². The zero-order valence-electron chi connectivity index (χ0n) is 10.3. The minimum absolute atomic E-state index is 0.138. The summed E-state index contributed by atoms with van der Waals surface area (Å²) in [5.41, 5.74) is 2.10. The van der Waals surface area contributed by atoms with Crippen LogP contribution in [0.15, 0.2) is 24.4 Å². The van der Waals surface area contributed by atoms with Crippen molar-refractivity contribution in [3.63, 3.8) is 0 Å². The molecule has 1 unspecified atom stereocenters. The minimum atomic E-state index is 0.138. The summed E-state index contributed by atoms with van der Waals surface area (Å²) >= 11 is 0. The number of nitrogens with one attached hydrogen (secondary N) is 1. The summed E-state index contributed by atoms with van der Waals surface area (Å²) in [6.45, 7) is 2.06. The third kappa shape index (κ3) is 1.78. The Morgan fingerprint density at radius 2 is 2.33 bits per heavy atom. The van der Waals surface area contributed by atoms with Crippen molar-refractivity contribution in [2.75, 3.05) is 20.2 Å². The van der Waals surface area contributed by atoms with Crippen LogP contribution in [0.3, 0.4) is 0 Å². The lowest BCUT2D eigenvalue weighted by molar-refractivity contribution is 0.374. The predicted molar refractivity (Wildman–Crippen MR) is 70.2 cm³/mol. The van der Waals surface area contributed by atoms with E-state index in [4.69, 9.17) is 4.74 Å². The second kappa shape index (κ2) is 4.46. The summed E-state index contributed by atoms with van der Waals surface area (Å²) in [6, 6.07) is 5.61. The van der Waals surface area contributed by atoms with E-state index in [1.54, 1.807) is 13.2 Å². The molecule has 4 heteroatoms. The minimum Gasteiger partial charge on any atom is -0.504 e. The van der Waals surface area contributed by atoms with Crippen LogP contribution < -0.4 is 10.1 Å². The molecule has 18 heavy (non-hydrogen) atoms. The molecule has 1 atom stereocenters. The number of aromatic nitrogens is 1.